The van der Waals surface area contributed by atoms with E-state index in [4.69, 9.17) is 15.5 Å². The zero-order valence-corrected chi connectivity index (χ0v) is 10.2. The normalized spacial score (nSPS) is 13.9. The van der Waals surface area contributed by atoms with Crippen molar-refractivity contribution in [3.63, 3.8) is 0 Å². The van der Waals surface area contributed by atoms with Crippen LogP contribution in [-0.4, -0.2) is 33.8 Å². The van der Waals surface area contributed by atoms with Crippen molar-refractivity contribution < 1.29 is 9.73 Å². The summed E-state index contributed by atoms with van der Waals surface area (Å²) in [6.45, 7) is 4.54. The minimum absolute atomic E-state index is 0.193. The molecule has 0 aliphatic heterocycles. The maximum Gasteiger partial charge on any atom is 0.223 e. The zero-order valence-electron chi connectivity index (χ0n) is 10.2. The summed E-state index contributed by atoms with van der Waals surface area (Å²) in [7, 11) is 0. The number of aromatic nitrogens is 2. The van der Waals surface area contributed by atoms with Crippen molar-refractivity contribution in [2.75, 3.05) is 6.54 Å². The molecule has 0 amide bonds. The molecule has 1 heterocycles. The van der Waals surface area contributed by atoms with Gasteiger partial charge in [0.2, 0.25) is 5.89 Å². The molecule has 0 saturated heterocycles. The van der Waals surface area contributed by atoms with Crippen LogP contribution < -0.4 is 11.1 Å². The van der Waals surface area contributed by atoms with Crippen molar-refractivity contribution in [3.05, 3.63) is 11.7 Å². The molecule has 4 N–H and O–H groups in total. The summed E-state index contributed by atoms with van der Waals surface area (Å²) in [5.74, 6) is 1.50. The smallest absolute Gasteiger partial charge is 0.223 e. The van der Waals surface area contributed by atoms with Crippen molar-refractivity contribution in [3.8, 4) is 0 Å². The fraction of sp³-hybridized carbons (Fsp3) is 0.700. The van der Waals surface area contributed by atoms with Gasteiger partial charge in [-0.2, -0.15) is 4.98 Å². The molecule has 0 fully saturated rings. The molecule has 0 saturated carbocycles. The molecule has 17 heavy (non-hydrogen) atoms. The van der Waals surface area contributed by atoms with Gasteiger partial charge in [-0.1, -0.05) is 17.2 Å². The third-order valence-corrected chi connectivity index (χ3v) is 2.43. The maximum absolute atomic E-state index is 8.49. The van der Waals surface area contributed by atoms with Crippen LogP contribution in [0.15, 0.2) is 9.68 Å². The fourth-order valence-corrected chi connectivity index (χ4v) is 1.49. The van der Waals surface area contributed by atoms with Gasteiger partial charge in [0.25, 0.3) is 0 Å². The van der Waals surface area contributed by atoms with Gasteiger partial charge in [0, 0.05) is 32.4 Å². The average Bonchev–Trinajstić information content (AvgIpc) is 2.73. The highest BCUT2D eigenvalue weighted by atomic mass is 16.5. The van der Waals surface area contributed by atoms with E-state index in [2.05, 4.69) is 20.6 Å². The summed E-state index contributed by atoms with van der Waals surface area (Å²) in [6, 6.07) is 0.193. The molecule has 96 valence electrons. The quantitative estimate of drug-likeness (QED) is 0.276. The van der Waals surface area contributed by atoms with E-state index >= 15 is 0 Å². The van der Waals surface area contributed by atoms with Crippen molar-refractivity contribution in [1.29, 1.82) is 0 Å². The third-order valence-electron chi connectivity index (χ3n) is 2.43. The van der Waals surface area contributed by atoms with Crippen LogP contribution in [0.1, 0.15) is 31.5 Å². The van der Waals surface area contributed by atoms with Gasteiger partial charge < -0.3 is 20.8 Å². The topological polar surface area (TPSA) is 110 Å². The van der Waals surface area contributed by atoms with Crippen LogP contribution in [0.3, 0.4) is 0 Å². The Hall–Kier alpha value is -1.63. The van der Waals surface area contributed by atoms with Crippen LogP contribution in [-0.2, 0) is 6.42 Å². The highest BCUT2D eigenvalue weighted by Crippen LogP contribution is 1.99. The molecule has 1 atom stereocenters. The Bertz CT molecular complexity index is 363. The number of hydrogen-bond donors (Lipinski definition) is 3. The number of hydrogen-bond acceptors (Lipinski definition) is 6. The molecule has 1 rings (SSSR count). The molecule has 0 bridgehead atoms. The number of rotatable bonds is 7. The molecule has 1 aromatic heterocycles. The lowest BCUT2D eigenvalue weighted by molar-refractivity contribution is 0.315. The summed E-state index contributed by atoms with van der Waals surface area (Å²) < 4.78 is 4.87. The fourth-order valence-electron chi connectivity index (χ4n) is 1.49. The highest BCUT2D eigenvalue weighted by molar-refractivity contribution is 5.80. The second-order valence-corrected chi connectivity index (χ2v) is 3.83. The minimum atomic E-state index is 0.193. The first-order chi connectivity index (χ1) is 8.15. The third kappa shape index (κ3) is 4.81. The summed E-state index contributed by atoms with van der Waals surface area (Å²) >= 11 is 0. The minimum Gasteiger partial charge on any atom is -0.409 e. The van der Waals surface area contributed by atoms with E-state index in [1.807, 2.05) is 6.92 Å². The number of amidine groups is 1. The monoisotopic (exact) mass is 241 g/mol. The van der Waals surface area contributed by atoms with Crippen LogP contribution in [0.2, 0.25) is 0 Å². The lowest BCUT2D eigenvalue weighted by Crippen LogP contribution is -2.34. The Balaban J connectivity index is 2.28. The molecular formula is C10H19N5O2. The first-order valence-corrected chi connectivity index (χ1v) is 5.64. The SMILES string of the molecule is CCC(CC(N)=NO)NCCc1noc(C)n1. The number of nitrogens with two attached hydrogens (primary N) is 1. The number of aryl methyl sites for hydroxylation is 1. The average molecular weight is 241 g/mol. The summed E-state index contributed by atoms with van der Waals surface area (Å²) in [4.78, 5) is 4.10. The molecular weight excluding hydrogens is 222 g/mol. The van der Waals surface area contributed by atoms with Gasteiger partial charge in [0.1, 0.15) is 5.84 Å². The standard InChI is InChI=1S/C10H19N5O2/c1-3-8(6-9(11)14-16)12-5-4-10-13-7(2)17-15-10/h8,12,16H,3-6H2,1-2H3,(H2,11,14). The van der Waals surface area contributed by atoms with E-state index in [1.54, 1.807) is 6.92 Å². The van der Waals surface area contributed by atoms with Crippen molar-refractivity contribution in [2.45, 2.75) is 39.2 Å². The molecule has 0 radical (unpaired) electrons. The Morgan fingerprint density at radius 1 is 1.65 bits per heavy atom. The summed E-state index contributed by atoms with van der Waals surface area (Å²) in [6.07, 6.45) is 2.13. The van der Waals surface area contributed by atoms with Crippen molar-refractivity contribution >= 4 is 5.84 Å². The first kappa shape index (κ1) is 13.4. The van der Waals surface area contributed by atoms with Gasteiger partial charge in [-0.05, 0) is 6.42 Å². The molecule has 0 aliphatic carbocycles. The molecule has 7 nitrogen and oxygen atoms in total. The molecule has 1 aromatic rings. The van der Waals surface area contributed by atoms with Gasteiger partial charge in [-0.25, -0.2) is 0 Å². The van der Waals surface area contributed by atoms with E-state index in [0.717, 1.165) is 13.0 Å². The number of nitrogens with one attached hydrogen (secondary N) is 1. The van der Waals surface area contributed by atoms with Crippen LogP contribution >= 0.6 is 0 Å². The Morgan fingerprint density at radius 3 is 2.94 bits per heavy atom. The van der Waals surface area contributed by atoms with Crippen LogP contribution in [0.25, 0.3) is 0 Å². The molecule has 1 unspecified atom stereocenters. The molecule has 0 aliphatic rings. The lowest BCUT2D eigenvalue weighted by atomic mass is 10.1. The van der Waals surface area contributed by atoms with E-state index in [0.29, 0.717) is 24.6 Å². The van der Waals surface area contributed by atoms with E-state index in [-0.39, 0.29) is 11.9 Å². The van der Waals surface area contributed by atoms with Crippen LogP contribution in [0.4, 0.5) is 0 Å². The van der Waals surface area contributed by atoms with E-state index in [9.17, 15) is 0 Å². The number of oxime groups is 1. The lowest BCUT2D eigenvalue weighted by Gasteiger charge is -2.15. The zero-order chi connectivity index (χ0) is 12.7. The predicted molar refractivity (Wildman–Crippen MR) is 62.8 cm³/mol. The van der Waals surface area contributed by atoms with Crippen molar-refractivity contribution in [1.82, 2.24) is 15.5 Å². The molecule has 7 heteroatoms. The largest absolute Gasteiger partial charge is 0.409 e. The van der Waals surface area contributed by atoms with Crippen molar-refractivity contribution in [2.24, 2.45) is 10.9 Å². The Kier molecular flexibility index (Phi) is 5.41. The van der Waals surface area contributed by atoms with E-state index in [1.165, 1.54) is 0 Å². The van der Waals surface area contributed by atoms with Gasteiger partial charge in [-0.3, -0.25) is 0 Å². The van der Waals surface area contributed by atoms with E-state index < -0.39 is 0 Å². The highest BCUT2D eigenvalue weighted by Gasteiger charge is 2.09. The van der Waals surface area contributed by atoms with Gasteiger partial charge >= 0.3 is 0 Å². The molecule has 0 aromatic carbocycles. The van der Waals surface area contributed by atoms with Gasteiger partial charge in [0.05, 0.1) is 0 Å². The molecule has 0 spiro atoms. The predicted octanol–water partition coefficient (Wildman–Crippen LogP) is 0.425. The second kappa shape index (κ2) is 6.85. The summed E-state index contributed by atoms with van der Waals surface area (Å²) in [5, 5.41) is 18.5. The maximum atomic E-state index is 8.49. The Labute approximate surface area is 100 Å². The van der Waals surface area contributed by atoms with Gasteiger partial charge in [-0.15, -0.1) is 0 Å². The second-order valence-electron chi connectivity index (χ2n) is 3.83. The summed E-state index contributed by atoms with van der Waals surface area (Å²) in [5.41, 5.74) is 5.46. The van der Waals surface area contributed by atoms with Crippen LogP contribution in [0.5, 0.6) is 0 Å². The Morgan fingerprint density at radius 2 is 2.41 bits per heavy atom. The number of nitrogens with zero attached hydrogens (tertiary/aromatic N) is 3. The van der Waals surface area contributed by atoms with Crippen LogP contribution in [0, 0.1) is 6.92 Å². The van der Waals surface area contributed by atoms with Gasteiger partial charge in [0.15, 0.2) is 5.82 Å². The first-order valence-electron chi connectivity index (χ1n) is 5.64.